The van der Waals surface area contributed by atoms with E-state index in [1.807, 2.05) is 0 Å². The number of hydrogen-bond donors (Lipinski definition) is 0. The Morgan fingerprint density at radius 1 is 1.43 bits per heavy atom. The summed E-state index contributed by atoms with van der Waals surface area (Å²) in [5.41, 5.74) is 2.68. The van der Waals surface area contributed by atoms with E-state index in [9.17, 15) is 4.39 Å². The highest BCUT2D eigenvalue weighted by molar-refractivity contribution is 9.10. The third kappa shape index (κ3) is 3.19. The first-order valence-corrected chi connectivity index (χ1v) is 8.67. The lowest BCUT2D eigenvalue weighted by atomic mass is 9.81. The molecule has 0 amide bonds. The van der Waals surface area contributed by atoms with Crippen molar-refractivity contribution in [2.24, 2.45) is 11.8 Å². The maximum atomic E-state index is 13.1. The number of methoxy groups -OCH3 is 1. The fourth-order valence-corrected chi connectivity index (χ4v) is 4.14. The first-order chi connectivity index (χ1) is 11.0. The quantitative estimate of drug-likeness (QED) is 0.794. The molecule has 6 heteroatoms. The van der Waals surface area contributed by atoms with Crippen LogP contribution in [0.25, 0.3) is 11.4 Å². The van der Waals surface area contributed by atoms with Gasteiger partial charge in [0.15, 0.2) is 0 Å². The molecule has 0 fully saturated rings. The highest BCUT2D eigenvalue weighted by Crippen LogP contribution is 2.43. The number of nitrogens with zero attached hydrogens (tertiary/aromatic N) is 3. The second-order valence-electron chi connectivity index (χ2n) is 6.50. The van der Waals surface area contributed by atoms with Crippen LogP contribution in [-0.2, 0) is 11.3 Å². The van der Waals surface area contributed by atoms with E-state index in [0.29, 0.717) is 23.4 Å². The summed E-state index contributed by atoms with van der Waals surface area (Å²) >= 11 is 3.71. The Hall–Kier alpha value is -1.27. The van der Waals surface area contributed by atoms with Crippen LogP contribution in [0.4, 0.5) is 4.39 Å². The zero-order valence-electron chi connectivity index (χ0n) is 13.6. The Morgan fingerprint density at radius 2 is 2.22 bits per heavy atom. The van der Waals surface area contributed by atoms with Gasteiger partial charge in [-0.3, -0.25) is 9.67 Å². The van der Waals surface area contributed by atoms with Crippen LogP contribution in [-0.4, -0.2) is 28.5 Å². The summed E-state index contributed by atoms with van der Waals surface area (Å²) in [4.78, 5) is 4.17. The van der Waals surface area contributed by atoms with Gasteiger partial charge in [-0.05, 0) is 40.4 Å². The van der Waals surface area contributed by atoms with E-state index in [0.717, 1.165) is 29.7 Å². The second kappa shape index (κ2) is 6.69. The summed E-state index contributed by atoms with van der Waals surface area (Å²) in [7, 11) is 1.74. The molecule has 2 aromatic heterocycles. The Kier molecular flexibility index (Phi) is 4.82. The van der Waals surface area contributed by atoms with Crippen molar-refractivity contribution >= 4 is 15.9 Å². The van der Waals surface area contributed by atoms with E-state index in [1.165, 1.54) is 18.0 Å². The van der Waals surface area contributed by atoms with Gasteiger partial charge in [-0.1, -0.05) is 13.8 Å². The summed E-state index contributed by atoms with van der Waals surface area (Å²) in [6, 6.07) is 3.09. The molecule has 0 aromatic carbocycles. The van der Waals surface area contributed by atoms with Gasteiger partial charge in [-0.25, -0.2) is 4.39 Å². The fourth-order valence-electron chi connectivity index (χ4n) is 3.36. The minimum atomic E-state index is -0.339. The predicted octanol–water partition coefficient (Wildman–Crippen LogP) is 4.25. The van der Waals surface area contributed by atoms with E-state index < -0.39 is 0 Å². The summed E-state index contributed by atoms with van der Waals surface area (Å²) in [5, 5.41) is 4.74. The van der Waals surface area contributed by atoms with E-state index in [4.69, 9.17) is 9.84 Å². The van der Waals surface area contributed by atoms with Crippen LogP contribution in [0.1, 0.15) is 31.9 Å². The van der Waals surface area contributed by atoms with Crippen LogP contribution in [0, 0.1) is 17.7 Å². The van der Waals surface area contributed by atoms with Crippen molar-refractivity contribution in [1.29, 1.82) is 0 Å². The zero-order chi connectivity index (χ0) is 16.6. The van der Waals surface area contributed by atoms with Gasteiger partial charge in [-0.15, -0.1) is 0 Å². The lowest BCUT2D eigenvalue weighted by Gasteiger charge is -2.32. The van der Waals surface area contributed by atoms with Crippen molar-refractivity contribution in [3.05, 3.63) is 34.3 Å². The molecule has 0 radical (unpaired) electrons. The predicted molar refractivity (Wildman–Crippen MR) is 90.7 cm³/mol. The number of rotatable bonds is 4. The molecule has 0 saturated carbocycles. The van der Waals surface area contributed by atoms with Crippen LogP contribution in [0.15, 0.2) is 22.8 Å². The van der Waals surface area contributed by atoms with Gasteiger partial charge in [0.2, 0.25) is 0 Å². The van der Waals surface area contributed by atoms with Crippen molar-refractivity contribution in [2.75, 3.05) is 13.7 Å². The number of fused-ring (bicyclic) bond motifs is 1. The molecule has 3 rings (SSSR count). The fraction of sp³-hybridized carbons (Fsp3) is 0.529. The molecule has 0 bridgehead atoms. The van der Waals surface area contributed by atoms with E-state index in [2.05, 4.69) is 39.4 Å². The van der Waals surface area contributed by atoms with Gasteiger partial charge in [0.1, 0.15) is 11.5 Å². The van der Waals surface area contributed by atoms with Gasteiger partial charge in [-0.2, -0.15) is 5.10 Å². The highest BCUT2D eigenvalue weighted by atomic mass is 79.9. The third-order valence-electron chi connectivity index (χ3n) is 4.48. The third-order valence-corrected chi connectivity index (χ3v) is 5.26. The van der Waals surface area contributed by atoms with Crippen LogP contribution in [0.3, 0.4) is 0 Å². The molecule has 124 valence electrons. The second-order valence-corrected chi connectivity index (χ2v) is 7.29. The molecule has 3 heterocycles. The molecule has 1 aliphatic heterocycles. The molecule has 0 N–H and O–H groups in total. The summed E-state index contributed by atoms with van der Waals surface area (Å²) < 4.78 is 21.5. The molecule has 0 aliphatic carbocycles. The van der Waals surface area contributed by atoms with E-state index >= 15 is 0 Å². The van der Waals surface area contributed by atoms with E-state index in [1.54, 1.807) is 13.2 Å². The number of aromatic nitrogens is 3. The van der Waals surface area contributed by atoms with Crippen molar-refractivity contribution in [2.45, 2.75) is 32.7 Å². The van der Waals surface area contributed by atoms with Gasteiger partial charge in [0.25, 0.3) is 0 Å². The Morgan fingerprint density at radius 3 is 2.83 bits per heavy atom. The first-order valence-electron chi connectivity index (χ1n) is 7.88. The standard InChI is InChI=1S/C17H21BrFN3O/c1-10(2)13-6-11(9-23-3)8-22-17(13)15(18)16(21-22)14-5-4-12(19)7-20-14/h4-5,7,10-11,13H,6,8-9H2,1-3H3. The summed E-state index contributed by atoms with van der Waals surface area (Å²) in [6.45, 7) is 6.05. The van der Waals surface area contributed by atoms with Gasteiger partial charge < -0.3 is 4.74 Å². The maximum Gasteiger partial charge on any atom is 0.141 e. The molecule has 1 aliphatic rings. The summed E-state index contributed by atoms with van der Waals surface area (Å²) in [5.74, 6) is 1.05. The number of halogens is 2. The van der Waals surface area contributed by atoms with Crippen LogP contribution < -0.4 is 0 Å². The Bertz CT molecular complexity index is 684. The average Bonchev–Trinajstić information content (AvgIpc) is 2.84. The highest BCUT2D eigenvalue weighted by Gasteiger charge is 2.34. The summed E-state index contributed by atoms with van der Waals surface area (Å²) in [6.07, 6.45) is 2.32. The normalized spacial score (nSPS) is 20.8. The molecule has 23 heavy (non-hydrogen) atoms. The minimum absolute atomic E-state index is 0.339. The monoisotopic (exact) mass is 381 g/mol. The number of pyridine rings is 1. The zero-order valence-corrected chi connectivity index (χ0v) is 15.2. The van der Waals surface area contributed by atoms with Gasteiger partial charge in [0, 0.05) is 25.5 Å². The van der Waals surface area contributed by atoms with Crippen LogP contribution >= 0.6 is 15.9 Å². The smallest absolute Gasteiger partial charge is 0.141 e. The lowest BCUT2D eigenvalue weighted by Crippen LogP contribution is -2.29. The maximum absolute atomic E-state index is 13.1. The van der Waals surface area contributed by atoms with E-state index in [-0.39, 0.29) is 5.82 Å². The van der Waals surface area contributed by atoms with Crippen molar-refractivity contribution in [3.63, 3.8) is 0 Å². The number of hydrogen-bond acceptors (Lipinski definition) is 3. The van der Waals surface area contributed by atoms with Crippen molar-refractivity contribution in [1.82, 2.24) is 14.8 Å². The molecular formula is C17H21BrFN3O. The average molecular weight is 382 g/mol. The Balaban J connectivity index is 2.04. The molecule has 2 aromatic rings. The molecule has 4 nitrogen and oxygen atoms in total. The van der Waals surface area contributed by atoms with Crippen molar-refractivity contribution < 1.29 is 9.13 Å². The molecule has 0 saturated heterocycles. The van der Waals surface area contributed by atoms with Crippen LogP contribution in [0.5, 0.6) is 0 Å². The van der Waals surface area contributed by atoms with Crippen molar-refractivity contribution in [3.8, 4) is 11.4 Å². The molecule has 2 unspecified atom stereocenters. The largest absolute Gasteiger partial charge is 0.384 e. The molecular weight excluding hydrogens is 361 g/mol. The van der Waals surface area contributed by atoms with Gasteiger partial charge >= 0.3 is 0 Å². The Labute approximate surface area is 144 Å². The SMILES string of the molecule is COCC1CC(C(C)C)c2c(Br)c(-c3ccc(F)cn3)nn2C1. The molecule has 0 spiro atoms. The topological polar surface area (TPSA) is 39.9 Å². The van der Waals surface area contributed by atoms with Crippen LogP contribution in [0.2, 0.25) is 0 Å². The lowest BCUT2D eigenvalue weighted by molar-refractivity contribution is 0.115. The van der Waals surface area contributed by atoms with Gasteiger partial charge in [0.05, 0.1) is 28.7 Å². The first kappa shape index (κ1) is 16.6. The number of ether oxygens (including phenoxy) is 1. The molecule has 2 atom stereocenters. The minimum Gasteiger partial charge on any atom is -0.384 e.